The second-order valence-electron chi connectivity index (χ2n) is 5.36. The molecule has 1 aromatic heterocycles. The average Bonchev–Trinajstić information content (AvgIpc) is 2.98. The Hall–Kier alpha value is -3.27. The van der Waals surface area contributed by atoms with Crippen LogP contribution >= 0.6 is 0 Å². The number of aromatic nitrogens is 3. The highest BCUT2D eigenvalue weighted by molar-refractivity contribution is 5.64. The van der Waals surface area contributed by atoms with Crippen LogP contribution in [-0.2, 0) is 0 Å². The number of nitrogens with one attached hydrogen (secondary N) is 1. The van der Waals surface area contributed by atoms with E-state index < -0.39 is 11.6 Å². The van der Waals surface area contributed by atoms with Gasteiger partial charge in [-0.05, 0) is 49.2 Å². The van der Waals surface area contributed by atoms with Gasteiger partial charge >= 0.3 is 0 Å². The van der Waals surface area contributed by atoms with Gasteiger partial charge in [-0.1, -0.05) is 0 Å². The van der Waals surface area contributed by atoms with E-state index in [-0.39, 0.29) is 11.6 Å². The van der Waals surface area contributed by atoms with Gasteiger partial charge in [-0.3, -0.25) is 0 Å². The van der Waals surface area contributed by atoms with E-state index in [0.717, 1.165) is 29.3 Å². The maximum Gasteiger partial charge on any atom is 0.246 e. The third-order valence-corrected chi connectivity index (χ3v) is 3.52. The van der Waals surface area contributed by atoms with Crippen LogP contribution in [0, 0.1) is 36.8 Å². The molecule has 2 aromatic carbocycles. The molecule has 7 heteroatoms. The Balaban J connectivity index is 1.93. The maximum atomic E-state index is 13.3. The molecule has 0 aliphatic carbocycles. The van der Waals surface area contributed by atoms with E-state index in [9.17, 15) is 8.78 Å². The van der Waals surface area contributed by atoms with E-state index in [1.54, 1.807) is 6.07 Å². The Bertz CT molecular complexity index is 936. The van der Waals surface area contributed by atoms with Gasteiger partial charge in [0.1, 0.15) is 18.0 Å². The first-order valence-corrected chi connectivity index (χ1v) is 7.13. The molecule has 1 heterocycles. The molecular weight excluding hydrogens is 312 g/mol. The van der Waals surface area contributed by atoms with Crippen LogP contribution in [0.15, 0.2) is 36.7 Å². The van der Waals surface area contributed by atoms with Crippen molar-refractivity contribution >= 4 is 11.6 Å². The van der Waals surface area contributed by atoms with E-state index >= 15 is 0 Å². The van der Waals surface area contributed by atoms with E-state index in [1.807, 2.05) is 19.9 Å². The van der Waals surface area contributed by atoms with Crippen LogP contribution in [0.5, 0.6) is 0 Å². The van der Waals surface area contributed by atoms with Crippen molar-refractivity contribution in [2.75, 3.05) is 5.32 Å². The van der Waals surface area contributed by atoms with Crippen molar-refractivity contribution in [3.8, 4) is 11.8 Å². The van der Waals surface area contributed by atoms with Gasteiger partial charge in [0.05, 0.1) is 17.3 Å². The Morgan fingerprint density at radius 3 is 2.46 bits per heavy atom. The smallest absolute Gasteiger partial charge is 0.246 e. The number of nitrogens with zero attached hydrogens (tertiary/aromatic N) is 4. The summed E-state index contributed by atoms with van der Waals surface area (Å²) >= 11 is 0. The van der Waals surface area contributed by atoms with E-state index in [0.29, 0.717) is 11.3 Å². The zero-order valence-electron chi connectivity index (χ0n) is 13.0. The molecule has 3 aromatic rings. The summed E-state index contributed by atoms with van der Waals surface area (Å²) in [4.78, 5) is 4.09. The summed E-state index contributed by atoms with van der Waals surface area (Å²) in [5.74, 6) is -1.12. The Morgan fingerprint density at radius 2 is 1.79 bits per heavy atom. The van der Waals surface area contributed by atoms with Crippen molar-refractivity contribution in [3.63, 3.8) is 0 Å². The molecule has 0 saturated carbocycles. The van der Waals surface area contributed by atoms with Crippen molar-refractivity contribution in [2.24, 2.45) is 0 Å². The number of halogens is 2. The first-order chi connectivity index (χ1) is 11.5. The van der Waals surface area contributed by atoms with Gasteiger partial charge in [-0.15, -0.1) is 5.10 Å². The largest absolute Gasteiger partial charge is 0.323 e. The van der Waals surface area contributed by atoms with E-state index in [1.165, 1.54) is 11.0 Å². The lowest BCUT2D eigenvalue weighted by Crippen LogP contribution is -2.00. The SMILES string of the molecule is Cc1cc(C#N)c(C)c(Nc2ncn(-c3cc(F)cc(F)c3)n2)c1. The lowest BCUT2D eigenvalue weighted by atomic mass is 10.0. The third-order valence-electron chi connectivity index (χ3n) is 3.52. The van der Waals surface area contributed by atoms with Crippen LogP contribution in [0.1, 0.15) is 16.7 Å². The van der Waals surface area contributed by atoms with Crippen molar-refractivity contribution in [3.05, 3.63) is 65.0 Å². The van der Waals surface area contributed by atoms with Crippen LogP contribution in [0.25, 0.3) is 5.69 Å². The average molecular weight is 325 g/mol. The van der Waals surface area contributed by atoms with Crippen molar-refractivity contribution in [2.45, 2.75) is 13.8 Å². The number of nitriles is 1. The molecule has 0 fully saturated rings. The number of rotatable bonds is 3. The molecule has 0 radical (unpaired) electrons. The number of hydrogen-bond donors (Lipinski definition) is 1. The Labute approximate surface area is 137 Å². The summed E-state index contributed by atoms with van der Waals surface area (Å²) in [5.41, 5.74) is 3.19. The molecule has 0 aliphatic rings. The highest BCUT2D eigenvalue weighted by atomic mass is 19.1. The lowest BCUT2D eigenvalue weighted by Gasteiger charge is -2.09. The summed E-state index contributed by atoms with van der Waals surface area (Å²) in [6.07, 6.45) is 1.35. The topological polar surface area (TPSA) is 66.5 Å². The predicted molar refractivity (Wildman–Crippen MR) is 85.2 cm³/mol. The summed E-state index contributed by atoms with van der Waals surface area (Å²) in [5, 5.41) is 16.3. The van der Waals surface area contributed by atoms with Crippen molar-refractivity contribution in [1.82, 2.24) is 14.8 Å². The minimum absolute atomic E-state index is 0.228. The fourth-order valence-corrected chi connectivity index (χ4v) is 2.34. The van der Waals surface area contributed by atoms with Crippen LogP contribution in [-0.4, -0.2) is 14.8 Å². The zero-order valence-corrected chi connectivity index (χ0v) is 13.0. The summed E-state index contributed by atoms with van der Waals surface area (Å²) in [6, 6.07) is 8.91. The van der Waals surface area contributed by atoms with Gasteiger partial charge in [0.15, 0.2) is 0 Å². The first kappa shape index (κ1) is 15.6. The predicted octanol–water partition coefficient (Wildman–Crippen LogP) is 3.78. The van der Waals surface area contributed by atoms with E-state index in [2.05, 4.69) is 21.5 Å². The fourth-order valence-electron chi connectivity index (χ4n) is 2.34. The van der Waals surface area contributed by atoms with Gasteiger partial charge in [-0.2, -0.15) is 10.2 Å². The van der Waals surface area contributed by atoms with Gasteiger partial charge in [0.25, 0.3) is 0 Å². The highest BCUT2D eigenvalue weighted by Gasteiger charge is 2.10. The normalized spacial score (nSPS) is 10.5. The number of hydrogen-bond acceptors (Lipinski definition) is 4. The van der Waals surface area contributed by atoms with Crippen molar-refractivity contribution < 1.29 is 8.78 Å². The molecule has 0 amide bonds. The molecule has 0 bridgehead atoms. The van der Waals surface area contributed by atoms with Crippen LogP contribution < -0.4 is 5.32 Å². The summed E-state index contributed by atoms with van der Waals surface area (Å²) in [6.45, 7) is 3.70. The van der Waals surface area contributed by atoms with Gasteiger partial charge < -0.3 is 5.32 Å². The van der Waals surface area contributed by atoms with E-state index in [4.69, 9.17) is 5.26 Å². The molecule has 0 atom stereocenters. The van der Waals surface area contributed by atoms with Gasteiger partial charge in [0, 0.05) is 11.8 Å². The minimum Gasteiger partial charge on any atom is -0.323 e. The minimum atomic E-state index is -0.691. The first-order valence-electron chi connectivity index (χ1n) is 7.13. The Morgan fingerprint density at radius 1 is 1.08 bits per heavy atom. The molecule has 0 saturated heterocycles. The molecule has 1 N–H and O–H groups in total. The highest BCUT2D eigenvalue weighted by Crippen LogP contribution is 2.23. The molecule has 3 rings (SSSR count). The summed E-state index contributed by atoms with van der Waals surface area (Å²) < 4.78 is 27.9. The van der Waals surface area contributed by atoms with Crippen LogP contribution in [0.4, 0.5) is 20.4 Å². The lowest BCUT2D eigenvalue weighted by molar-refractivity contribution is 0.580. The maximum absolute atomic E-state index is 13.3. The van der Waals surface area contributed by atoms with Gasteiger partial charge in [0.2, 0.25) is 5.95 Å². The molecule has 0 aliphatic heterocycles. The number of aryl methyl sites for hydroxylation is 1. The summed E-state index contributed by atoms with van der Waals surface area (Å²) in [7, 11) is 0. The quantitative estimate of drug-likeness (QED) is 0.796. The van der Waals surface area contributed by atoms with Crippen LogP contribution in [0.2, 0.25) is 0 Å². The van der Waals surface area contributed by atoms with Crippen LogP contribution in [0.3, 0.4) is 0 Å². The molecule has 0 spiro atoms. The molecular formula is C17H13F2N5. The molecule has 0 unspecified atom stereocenters. The Kier molecular flexibility index (Phi) is 3.96. The second kappa shape index (κ2) is 6.08. The van der Waals surface area contributed by atoms with Crippen molar-refractivity contribution in [1.29, 1.82) is 5.26 Å². The number of benzene rings is 2. The zero-order chi connectivity index (χ0) is 17.3. The second-order valence-corrected chi connectivity index (χ2v) is 5.36. The molecule has 5 nitrogen and oxygen atoms in total. The number of anilines is 2. The monoisotopic (exact) mass is 325 g/mol. The third kappa shape index (κ3) is 3.08. The van der Waals surface area contributed by atoms with Gasteiger partial charge in [-0.25, -0.2) is 13.5 Å². The molecule has 120 valence electrons. The fraction of sp³-hybridized carbons (Fsp3) is 0.118. The molecule has 24 heavy (non-hydrogen) atoms. The standard InChI is InChI=1S/C17H13F2N5/c1-10-3-12(8-20)11(2)16(4-10)22-17-21-9-24(23-17)15-6-13(18)5-14(19)7-15/h3-7,9H,1-2H3,(H,22,23).